The minimum Gasteiger partial charge on any atom is -0.468 e. The number of furan rings is 1. The lowest BCUT2D eigenvalue weighted by molar-refractivity contribution is 0.0528. The van der Waals surface area contributed by atoms with Gasteiger partial charge in [0, 0.05) is 13.0 Å². The van der Waals surface area contributed by atoms with Crippen molar-refractivity contribution in [3.05, 3.63) is 22.6 Å². The van der Waals surface area contributed by atoms with E-state index in [-0.39, 0.29) is 0 Å². The van der Waals surface area contributed by atoms with Gasteiger partial charge in [-0.05, 0) is 42.8 Å². The number of rotatable bonds is 3. The van der Waals surface area contributed by atoms with Crippen molar-refractivity contribution in [1.29, 1.82) is 0 Å². The summed E-state index contributed by atoms with van der Waals surface area (Å²) in [6.45, 7) is 5.98. The Morgan fingerprint density at radius 3 is 2.75 bits per heavy atom. The van der Waals surface area contributed by atoms with E-state index < -0.39 is 11.7 Å². The van der Waals surface area contributed by atoms with E-state index in [0.717, 1.165) is 10.2 Å². The summed E-state index contributed by atoms with van der Waals surface area (Å²) in [6, 6.07) is 1.87. The Labute approximate surface area is 103 Å². The normalized spacial score (nSPS) is 11.2. The molecule has 0 aliphatic heterocycles. The zero-order valence-corrected chi connectivity index (χ0v) is 11.3. The Morgan fingerprint density at radius 2 is 2.25 bits per heavy atom. The van der Waals surface area contributed by atoms with E-state index in [1.165, 1.54) is 0 Å². The molecule has 0 aliphatic carbocycles. The number of hydrogen-bond donors (Lipinski definition) is 1. The van der Waals surface area contributed by atoms with Crippen LogP contribution in [0.25, 0.3) is 0 Å². The first-order chi connectivity index (χ1) is 7.37. The highest BCUT2D eigenvalue weighted by Gasteiger charge is 2.15. The van der Waals surface area contributed by atoms with Gasteiger partial charge in [-0.2, -0.15) is 0 Å². The molecule has 0 spiro atoms. The van der Waals surface area contributed by atoms with Crippen LogP contribution in [0, 0.1) is 0 Å². The average molecular weight is 290 g/mol. The molecule has 90 valence electrons. The molecule has 0 saturated carbocycles. The second kappa shape index (κ2) is 5.39. The number of ether oxygens (including phenoxy) is 1. The van der Waals surface area contributed by atoms with Gasteiger partial charge in [0.2, 0.25) is 0 Å². The molecular weight excluding hydrogens is 274 g/mol. The first-order valence-corrected chi connectivity index (χ1v) is 5.86. The zero-order valence-electron chi connectivity index (χ0n) is 9.67. The SMILES string of the molecule is CC(C)(C)OC(=O)NCCc1cc(Br)co1. The molecule has 4 nitrogen and oxygen atoms in total. The smallest absolute Gasteiger partial charge is 0.407 e. The van der Waals surface area contributed by atoms with Crippen molar-refractivity contribution < 1.29 is 13.9 Å². The summed E-state index contributed by atoms with van der Waals surface area (Å²) in [5.74, 6) is 0.822. The van der Waals surface area contributed by atoms with Gasteiger partial charge in [-0.15, -0.1) is 0 Å². The molecule has 0 aliphatic rings. The highest BCUT2D eigenvalue weighted by atomic mass is 79.9. The summed E-state index contributed by atoms with van der Waals surface area (Å²) >= 11 is 3.29. The molecule has 1 N–H and O–H groups in total. The molecule has 0 unspecified atom stereocenters. The molecule has 0 bridgehead atoms. The lowest BCUT2D eigenvalue weighted by atomic mass is 10.2. The molecular formula is C11H16BrNO3. The summed E-state index contributed by atoms with van der Waals surface area (Å²) in [5, 5.41) is 2.66. The molecule has 0 radical (unpaired) electrons. The summed E-state index contributed by atoms with van der Waals surface area (Å²) in [4.78, 5) is 11.3. The van der Waals surface area contributed by atoms with Crippen molar-refractivity contribution in [1.82, 2.24) is 5.32 Å². The summed E-state index contributed by atoms with van der Waals surface area (Å²) < 4.78 is 11.2. The van der Waals surface area contributed by atoms with Crippen LogP contribution in [0.3, 0.4) is 0 Å². The van der Waals surface area contributed by atoms with Gasteiger partial charge in [0.25, 0.3) is 0 Å². The van der Waals surface area contributed by atoms with Crippen molar-refractivity contribution >= 4 is 22.0 Å². The maximum absolute atomic E-state index is 11.3. The molecule has 5 heteroatoms. The van der Waals surface area contributed by atoms with E-state index >= 15 is 0 Å². The first-order valence-electron chi connectivity index (χ1n) is 5.06. The molecule has 0 atom stereocenters. The van der Waals surface area contributed by atoms with Crippen LogP contribution >= 0.6 is 15.9 Å². The van der Waals surface area contributed by atoms with Crippen LogP contribution in [0.15, 0.2) is 21.2 Å². The fourth-order valence-electron chi connectivity index (χ4n) is 1.09. The van der Waals surface area contributed by atoms with Gasteiger partial charge in [0.15, 0.2) is 0 Å². The fourth-order valence-corrected chi connectivity index (χ4v) is 1.44. The quantitative estimate of drug-likeness (QED) is 0.930. The predicted octanol–water partition coefficient (Wildman–Crippen LogP) is 3.11. The summed E-state index contributed by atoms with van der Waals surface area (Å²) in [6.07, 6.45) is 1.85. The van der Waals surface area contributed by atoms with Crippen molar-refractivity contribution in [2.24, 2.45) is 0 Å². The maximum atomic E-state index is 11.3. The Morgan fingerprint density at radius 1 is 1.56 bits per heavy atom. The van der Waals surface area contributed by atoms with Crippen LogP contribution in [-0.2, 0) is 11.2 Å². The number of carbonyl (C=O) groups is 1. The Kier molecular flexibility index (Phi) is 4.41. The second-order valence-electron chi connectivity index (χ2n) is 4.41. The van der Waals surface area contributed by atoms with Gasteiger partial charge < -0.3 is 14.5 Å². The number of halogens is 1. The minimum atomic E-state index is -0.461. The van der Waals surface area contributed by atoms with Gasteiger partial charge >= 0.3 is 6.09 Å². The minimum absolute atomic E-state index is 0.405. The lowest BCUT2D eigenvalue weighted by Gasteiger charge is -2.19. The molecule has 1 aromatic rings. The van der Waals surface area contributed by atoms with E-state index in [0.29, 0.717) is 13.0 Å². The molecule has 1 rings (SSSR count). The zero-order chi connectivity index (χ0) is 12.2. The Bertz CT molecular complexity index is 354. The molecule has 0 aromatic carbocycles. The highest BCUT2D eigenvalue weighted by Crippen LogP contribution is 2.14. The van der Waals surface area contributed by atoms with Crippen molar-refractivity contribution in [2.45, 2.75) is 32.8 Å². The molecule has 16 heavy (non-hydrogen) atoms. The first kappa shape index (κ1) is 13.1. The third-order valence-corrected chi connectivity index (χ3v) is 2.08. The number of carbonyl (C=O) groups excluding carboxylic acids is 1. The standard InChI is InChI=1S/C11H16BrNO3/c1-11(2,3)16-10(14)13-5-4-9-6-8(12)7-15-9/h6-7H,4-5H2,1-3H3,(H,13,14). The van der Waals surface area contributed by atoms with Crippen molar-refractivity contribution in [2.75, 3.05) is 6.54 Å². The Hall–Kier alpha value is -0.970. The van der Waals surface area contributed by atoms with E-state index in [1.807, 2.05) is 26.8 Å². The topological polar surface area (TPSA) is 51.5 Å². The molecule has 1 amide bonds. The lowest BCUT2D eigenvalue weighted by Crippen LogP contribution is -2.33. The van der Waals surface area contributed by atoms with Crippen molar-refractivity contribution in [3.8, 4) is 0 Å². The van der Waals surface area contributed by atoms with Crippen LogP contribution in [0.2, 0.25) is 0 Å². The summed E-state index contributed by atoms with van der Waals surface area (Å²) in [5.41, 5.74) is -0.461. The van der Waals surface area contributed by atoms with Crippen LogP contribution in [-0.4, -0.2) is 18.2 Å². The van der Waals surface area contributed by atoms with Crippen LogP contribution in [0.1, 0.15) is 26.5 Å². The second-order valence-corrected chi connectivity index (χ2v) is 5.33. The van der Waals surface area contributed by atoms with Crippen LogP contribution in [0.4, 0.5) is 4.79 Å². The van der Waals surface area contributed by atoms with E-state index in [1.54, 1.807) is 6.26 Å². The van der Waals surface area contributed by atoms with Gasteiger partial charge in [-0.3, -0.25) is 0 Å². The Balaban J connectivity index is 2.23. The number of hydrogen-bond acceptors (Lipinski definition) is 3. The molecule has 0 fully saturated rings. The highest BCUT2D eigenvalue weighted by molar-refractivity contribution is 9.10. The third kappa shape index (κ3) is 5.21. The van der Waals surface area contributed by atoms with Gasteiger partial charge in [0.1, 0.15) is 17.6 Å². The van der Waals surface area contributed by atoms with Gasteiger partial charge in [-0.1, -0.05) is 0 Å². The van der Waals surface area contributed by atoms with Gasteiger partial charge in [0.05, 0.1) is 4.47 Å². The number of alkyl carbamates (subject to hydrolysis) is 1. The van der Waals surface area contributed by atoms with Gasteiger partial charge in [-0.25, -0.2) is 4.79 Å². The molecule has 1 heterocycles. The monoisotopic (exact) mass is 289 g/mol. The third-order valence-electron chi connectivity index (χ3n) is 1.66. The molecule has 0 saturated heterocycles. The number of nitrogens with one attached hydrogen (secondary N) is 1. The fraction of sp³-hybridized carbons (Fsp3) is 0.545. The van der Waals surface area contributed by atoms with E-state index in [9.17, 15) is 4.79 Å². The van der Waals surface area contributed by atoms with Crippen molar-refractivity contribution in [3.63, 3.8) is 0 Å². The van der Waals surface area contributed by atoms with E-state index in [4.69, 9.17) is 9.15 Å². The van der Waals surface area contributed by atoms with Crippen LogP contribution < -0.4 is 5.32 Å². The number of amides is 1. The average Bonchev–Trinajstić information content (AvgIpc) is 2.48. The predicted molar refractivity (Wildman–Crippen MR) is 64.3 cm³/mol. The van der Waals surface area contributed by atoms with E-state index in [2.05, 4.69) is 21.2 Å². The molecule has 1 aromatic heterocycles. The summed E-state index contributed by atoms with van der Waals surface area (Å²) in [7, 11) is 0. The largest absolute Gasteiger partial charge is 0.468 e. The maximum Gasteiger partial charge on any atom is 0.407 e. The van der Waals surface area contributed by atoms with Crippen LogP contribution in [0.5, 0.6) is 0 Å².